The van der Waals surface area contributed by atoms with Gasteiger partial charge in [0.15, 0.2) is 0 Å². The second kappa shape index (κ2) is 3.73. The van der Waals surface area contributed by atoms with Crippen molar-refractivity contribution in [2.45, 2.75) is 13.8 Å². The first kappa shape index (κ1) is 9.71. The monoisotopic (exact) mass is 200 g/mol. The highest BCUT2D eigenvalue weighted by molar-refractivity contribution is 5.79. The van der Waals surface area contributed by atoms with Crippen LogP contribution in [-0.4, -0.2) is 6.29 Å². The Hall–Kier alpha value is -1.83. The molecular formula is C13H12O2. The van der Waals surface area contributed by atoms with Crippen molar-refractivity contribution in [3.8, 4) is 11.3 Å². The van der Waals surface area contributed by atoms with Crippen molar-refractivity contribution in [1.82, 2.24) is 0 Å². The maximum Gasteiger partial charge on any atom is 0.150 e. The fourth-order valence-corrected chi connectivity index (χ4v) is 1.56. The Kier molecular flexibility index (Phi) is 2.42. The molecule has 0 saturated heterocycles. The van der Waals surface area contributed by atoms with Gasteiger partial charge in [-0.1, -0.05) is 12.1 Å². The molecular weight excluding hydrogens is 188 g/mol. The number of benzene rings is 1. The third-order valence-corrected chi connectivity index (χ3v) is 2.40. The van der Waals surface area contributed by atoms with Crippen LogP contribution in [0.1, 0.15) is 21.7 Å². The third kappa shape index (κ3) is 1.84. The molecule has 0 spiro atoms. The van der Waals surface area contributed by atoms with Gasteiger partial charge in [0.05, 0.1) is 0 Å². The SMILES string of the molecule is Cc1ccc(-c2cc(C=O)ccc2C)o1. The van der Waals surface area contributed by atoms with Gasteiger partial charge in [-0.15, -0.1) is 0 Å². The Morgan fingerprint density at radius 1 is 1.13 bits per heavy atom. The number of hydrogen-bond donors (Lipinski definition) is 0. The van der Waals surface area contributed by atoms with Crippen molar-refractivity contribution in [3.05, 3.63) is 47.2 Å². The molecule has 1 aromatic carbocycles. The largest absolute Gasteiger partial charge is 0.461 e. The minimum Gasteiger partial charge on any atom is -0.461 e. The number of furan rings is 1. The van der Waals surface area contributed by atoms with Crippen molar-refractivity contribution in [2.75, 3.05) is 0 Å². The van der Waals surface area contributed by atoms with E-state index >= 15 is 0 Å². The summed E-state index contributed by atoms with van der Waals surface area (Å²) in [7, 11) is 0. The third-order valence-electron chi connectivity index (χ3n) is 2.40. The van der Waals surface area contributed by atoms with Crippen molar-refractivity contribution in [1.29, 1.82) is 0 Å². The van der Waals surface area contributed by atoms with Crippen molar-refractivity contribution in [3.63, 3.8) is 0 Å². The van der Waals surface area contributed by atoms with Crippen LogP contribution in [0.3, 0.4) is 0 Å². The molecule has 1 heterocycles. The summed E-state index contributed by atoms with van der Waals surface area (Å²) in [6.45, 7) is 3.91. The Balaban J connectivity index is 2.55. The van der Waals surface area contributed by atoms with Gasteiger partial charge in [-0.3, -0.25) is 4.79 Å². The Morgan fingerprint density at radius 2 is 1.93 bits per heavy atom. The molecule has 0 aliphatic rings. The Labute approximate surface area is 88.5 Å². The van der Waals surface area contributed by atoms with Gasteiger partial charge in [0.25, 0.3) is 0 Å². The van der Waals surface area contributed by atoms with Crippen LogP contribution < -0.4 is 0 Å². The molecule has 15 heavy (non-hydrogen) atoms. The molecule has 2 nitrogen and oxygen atoms in total. The molecule has 0 aliphatic carbocycles. The summed E-state index contributed by atoms with van der Waals surface area (Å²) in [5, 5.41) is 0. The summed E-state index contributed by atoms with van der Waals surface area (Å²) in [5.74, 6) is 1.69. The maximum atomic E-state index is 10.7. The second-order valence-corrected chi connectivity index (χ2v) is 3.60. The van der Waals surface area contributed by atoms with Crippen molar-refractivity contribution < 1.29 is 9.21 Å². The zero-order valence-corrected chi connectivity index (χ0v) is 8.78. The number of rotatable bonds is 2. The summed E-state index contributed by atoms with van der Waals surface area (Å²) >= 11 is 0. The van der Waals surface area contributed by atoms with E-state index in [2.05, 4.69) is 0 Å². The average molecular weight is 200 g/mol. The topological polar surface area (TPSA) is 30.2 Å². The van der Waals surface area contributed by atoms with Gasteiger partial charge in [-0.25, -0.2) is 0 Å². The fourth-order valence-electron chi connectivity index (χ4n) is 1.56. The lowest BCUT2D eigenvalue weighted by atomic mass is 10.0. The van der Waals surface area contributed by atoms with E-state index in [1.165, 1.54) is 0 Å². The maximum absolute atomic E-state index is 10.7. The molecule has 0 N–H and O–H groups in total. The molecule has 0 unspecified atom stereocenters. The molecule has 0 atom stereocenters. The predicted molar refractivity (Wildman–Crippen MR) is 59.0 cm³/mol. The molecule has 1 aromatic heterocycles. The fraction of sp³-hybridized carbons (Fsp3) is 0.154. The number of carbonyl (C=O) groups excluding carboxylic acids is 1. The highest BCUT2D eigenvalue weighted by Crippen LogP contribution is 2.25. The number of hydrogen-bond acceptors (Lipinski definition) is 2. The van der Waals surface area contributed by atoms with Crippen LogP contribution in [-0.2, 0) is 0 Å². The minimum atomic E-state index is 0.671. The Morgan fingerprint density at radius 3 is 2.53 bits per heavy atom. The molecule has 0 radical (unpaired) electrons. The lowest BCUT2D eigenvalue weighted by molar-refractivity contribution is 0.112. The van der Waals surface area contributed by atoms with Crippen molar-refractivity contribution in [2.24, 2.45) is 0 Å². The van der Waals surface area contributed by atoms with Crippen LogP contribution in [0.4, 0.5) is 0 Å². The number of aldehydes is 1. The van der Waals surface area contributed by atoms with Gasteiger partial charge in [0.1, 0.15) is 17.8 Å². The molecule has 2 rings (SSSR count). The van der Waals surface area contributed by atoms with Crippen LogP contribution in [0.2, 0.25) is 0 Å². The molecule has 2 heteroatoms. The van der Waals surface area contributed by atoms with Crippen LogP contribution in [0, 0.1) is 13.8 Å². The minimum absolute atomic E-state index is 0.671. The lowest BCUT2D eigenvalue weighted by Crippen LogP contribution is -1.85. The first-order chi connectivity index (χ1) is 7.20. The summed E-state index contributed by atoms with van der Waals surface area (Å²) in [6.07, 6.45) is 0.846. The van der Waals surface area contributed by atoms with Crippen LogP contribution in [0.15, 0.2) is 34.7 Å². The highest BCUT2D eigenvalue weighted by Gasteiger charge is 2.06. The second-order valence-electron chi connectivity index (χ2n) is 3.60. The van der Waals surface area contributed by atoms with E-state index in [1.54, 1.807) is 0 Å². The lowest BCUT2D eigenvalue weighted by Gasteiger charge is -2.02. The molecule has 0 saturated carbocycles. The summed E-state index contributed by atoms with van der Waals surface area (Å²) in [6, 6.07) is 9.42. The van der Waals surface area contributed by atoms with E-state index in [1.807, 2.05) is 44.2 Å². The van der Waals surface area contributed by atoms with E-state index in [0.29, 0.717) is 5.56 Å². The van der Waals surface area contributed by atoms with Crippen molar-refractivity contribution >= 4 is 6.29 Å². The van der Waals surface area contributed by atoms with Gasteiger partial charge < -0.3 is 4.42 Å². The summed E-state index contributed by atoms with van der Waals surface area (Å²) in [5.41, 5.74) is 2.76. The summed E-state index contributed by atoms with van der Waals surface area (Å²) < 4.78 is 5.53. The van der Waals surface area contributed by atoms with E-state index in [0.717, 1.165) is 28.9 Å². The predicted octanol–water partition coefficient (Wildman–Crippen LogP) is 3.38. The summed E-state index contributed by atoms with van der Waals surface area (Å²) in [4.78, 5) is 10.7. The number of carbonyl (C=O) groups is 1. The molecule has 0 aliphatic heterocycles. The Bertz CT molecular complexity index is 495. The van der Waals surface area contributed by atoms with Gasteiger partial charge in [0.2, 0.25) is 0 Å². The van der Waals surface area contributed by atoms with E-state index < -0.39 is 0 Å². The molecule has 2 aromatic rings. The first-order valence-corrected chi connectivity index (χ1v) is 4.83. The smallest absolute Gasteiger partial charge is 0.150 e. The average Bonchev–Trinajstić information content (AvgIpc) is 2.65. The molecule has 0 bridgehead atoms. The van der Waals surface area contributed by atoms with E-state index in [-0.39, 0.29) is 0 Å². The van der Waals surface area contributed by atoms with Crippen LogP contribution >= 0.6 is 0 Å². The van der Waals surface area contributed by atoms with Gasteiger partial charge in [0, 0.05) is 11.1 Å². The number of aryl methyl sites for hydroxylation is 2. The standard InChI is InChI=1S/C13H12O2/c1-9-3-5-11(8-14)7-12(9)13-6-4-10(2)15-13/h3-8H,1-2H3. The molecule has 0 amide bonds. The zero-order chi connectivity index (χ0) is 10.8. The molecule has 76 valence electrons. The van der Waals surface area contributed by atoms with Gasteiger partial charge in [-0.2, -0.15) is 0 Å². The molecule has 0 fully saturated rings. The van der Waals surface area contributed by atoms with Gasteiger partial charge >= 0.3 is 0 Å². The van der Waals surface area contributed by atoms with Crippen LogP contribution in [0.5, 0.6) is 0 Å². The highest BCUT2D eigenvalue weighted by atomic mass is 16.3. The quantitative estimate of drug-likeness (QED) is 0.695. The zero-order valence-electron chi connectivity index (χ0n) is 8.78. The van der Waals surface area contributed by atoms with E-state index in [4.69, 9.17) is 4.42 Å². The van der Waals surface area contributed by atoms with E-state index in [9.17, 15) is 4.79 Å². The van der Waals surface area contributed by atoms with Crippen LogP contribution in [0.25, 0.3) is 11.3 Å². The van der Waals surface area contributed by atoms with Gasteiger partial charge in [-0.05, 0) is 37.6 Å². The normalized spacial score (nSPS) is 10.3. The first-order valence-electron chi connectivity index (χ1n) is 4.83.